The highest BCUT2D eigenvalue weighted by Gasteiger charge is 1.96. The van der Waals surface area contributed by atoms with E-state index in [0.717, 1.165) is 0 Å². The van der Waals surface area contributed by atoms with Crippen molar-refractivity contribution in [3.05, 3.63) is 33.7 Å². The SMILES string of the molecule is [2H]c1c([2H])c(C([2H])([2H])O)c([2H])c(Cl)c1Cl. The van der Waals surface area contributed by atoms with E-state index < -0.39 is 30.2 Å². The van der Waals surface area contributed by atoms with Gasteiger partial charge in [0.25, 0.3) is 0 Å². The van der Waals surface area contributed by atoms with E-state index in [0.29, 0.717) is 0 Å². The van der Waals surface area contributed by atoms with Crippen LogP contribution in [-0.4, -0.2) is 5.11 Å². The number of rotatable bonds is 1. The molecule has 0 saturated carbocycles. The third-order valence-electron chi connectivity index (χ3n) is 0.836. The molecule has 0 bridgehead atoms. The third-order valence-corrected chi connectivity index (χ3v) is 1.50. The second-order valence-corrected chi connectivity index (χ2v) is 2.25. The smallest absolute Gasteiger partial charge is 0.0682 e. The van der Waals surface area contributed by atoms with Crippen LogP contribution in [0.25, 0.3) is 0 Å². The highest BCUT2D eigenvalue weighted by atomic mass is 35.5. The Kier molecular flexibility index (Phi) is 1.11. The second kappa shape index (κ2) is 3.24. The minimum absolute atomic E-state index is 0.292. The van der Waals surface area contributed by atoms with Gasteiger partial charge in [0.15, 0.2) is 0 Å². The van der Waals surface area contributed by atoms with Crippen LogP contribution in [0.5, 0.6) is 0 Å². The predicted molar refractivity (Wildman–Crippen MR) is 42.4 cm³/mol. The topological polar surface area (TPSA) is 20.2 Å². The van der Waals surface area contributed by atoms with Crippen LogP contribution in [0.1, 0.15) is 12.4 Å². The molecule has 0 heterocycles. The van der Waals surface area contributed by atoms with Gasteiger partial charge in [0.2, 0.25) is 0 Å². The van der Waals surface area contributed by atoms with Gasteiger partial charge in [0, 0.05) is 0 Å². The van der Waals surface area contributed by atoms with Crippen LogP contribution < -0.4 is 0 Å². The van der Waals surface area contributed by atoms with Gasteiger partial charge in [0.05, 0.1) is 23.5 Å². The van der Waals surface area contributed by atoms with Crippen molar-refractivity contribution in [2.24, 2.45) is 0 Å². The number of benzene rings is 1. The molecule has 0 aliphatic carbocycles. The zero-order valence-corrected chi connectivity index (χ0v) is 6.22. The van der Waals surface area contributed by atoms with Crippen molar-refractivity contribution in [1.29, 1.82) is 0 Å². The van der Waals surface area contributed by atoms with Gasteiger partial charge in [-0.15, -0.1) is 0 Å². The highest BCUT2D eigenvalue weighted by Crippen LogP contribution is 2.22. The van der Waals surface area contributed by atoms with Crippen molar-refractivity contribution < 1.29 is 12.0 Å². The molecule has 10 heavy (non-hydrogen) atoms. The summed E-state index contributed by atoms with van der Waals surface area (Å²) in [6, 6.07) is -1.72. The lowest BCUT2D eigenvalue weighted by Gasteiger charge is -1.97. The Balaban J connectivity index is 3.68. The molecule has 1 N–H and O–H groups in total. The highest BCUT2D eigenvalue weighted by molar-refractivity contribution is 6.41. The first-order valence-electron chi connectivity index (χ1n) is 4.85. The average Bonchev–Trinajstić information content (AvgIpc) is 2.09. The monoisotopic (exact) mass is 181 g/mol. The lowest BCUT2D eigenvalue weighted by atomic mass is 10.2. The van der Waals surface area contributed by atoms with E-state index >= 15 is 0 Å². The minimum Gasteiger partial charge on any atom is -0.392 e. The Bertz CT molecular complexity index is 386. The molecule has 0 fully saturated rings. The van der Waals surface area contributed by atoms with Crippen LogP contribution in [-0.2, 0) is 6.56 Å². The second-order valence-electron chi connectivity index (χ2n) is 1.49. The van der Waals surface area contributed by atoms with Gasteiger partial charge in [-0.2, -0.15) is 0 Å². The Hall–Kier alpha value is -0.240. The molecule has 0 aromatic heterocycles. The van der Waals surface area contributed by atoms with E-state index in [4.69, 9.17) is 35.2 Å². The molecule has 3 heteroatoms. The molecular formula is C7H6Cl2O. The summed E-state index contributed by atoms with van der Waals surface area (Å²) < 4.78 is 36.2. The normalized spacial score (nSPS) is 18.5. The summed E-state index contributed by atoms with van der Waals surface area (Å²) in [5.74, 6) is 0. The molecule has 0 aliphatic rings. The van der Waals surface area contributed by atoms with Gasteiger partial charge in [-0.25, -0.2) is 0 Å². The summed E-state index contributed by atoms with van der Waals surface area (Å²) in [6.07, 6.45) is 0. The van der Waals surface area contributed by atoms with E-state index in [1.807, 2.05) is 0 Å². The zero-order chi connectivity index (χ0) is 12.0. The van der Waals surface area contributed by atoms with E-state index in [9.17, 15) is 0 Å². The fourth-order valence-electron chi connectivity index (χ4n) is 0.424. The summed E-state index contributed by atoms with van der Waals surface area (Å²) in [6.45, 7) is -2.89. The maximum absolute atomic E-state index is 9.10. The van der Waals surface area contributed by atoms with Crippen molar-refractivity contribution in [3.8, 4) is 0 Å². The zero-order valence-electron chi connectivity index (χ0n) is 9.70. The fourth-order valence-corrected chi connectivity index (χ4v) is 0.660. The van der Waals surface area contributed by atoms with Crippen LogP contribution in [0.15, 0.2) is 18.1 Å². The first kappa shape index (κ1) is 3.44. The van der Waals surface area contributed by atoms with Gasteiger partial charge in [-0.05, 0) is 17.6 Å². The van der Waals surface area contributed by atoms with Crippen molar-refractivity contribution >= 4 is 23.2 Å². The molecule has 0 radical (unpaired) electrons. The maximum Gasteiger partial charge on any atom is 0.0682 e. The largest absolute Gasteiger partial charge is 0.392 e. The van der Waals surface area contributed by atoms with Crippen LogP contribution >= 0.6 is 23.2 Å². The Morgan fingerprint density at radius 3 is 2.80 bits per heavy atom. The molecule has 0 saturated heterocycles. The van der Waals surface area contributed by atoms with Gasteiger partial charge >= 0.3 is 0 Å². The molecule has 1 aromatic rings. The molecule has 0 aliphatic heterocycles. The van der Waals surface area contributed by atoms with Crippen LogP contribution in [0.2, 0.25) is 10.0 Å². The van der Waals surface area contributed by atoms with Crippen molar-refractivity contribution in [2.45, 2.75) is 6.56 Å². The number of hydrogen-bond donors (Lipinski definition) is 1. The lowest BCUT2D eigenvalue weighted by Crippen LogP contribution is -1.81. The van der Waals surface area contributed by atoms with Crippen LogP contribution in [0.4, 0.5) is 0 Å². The number of halogens is 2. The summed E-state index contributed by atoms with van der Waals surface area (Å²) >= 11 is 11.1. The van der Waals surface area contributed by atoms with Gasteiger partial charge < -0.3 is 5.11 Å². The third kappa shape index (κ3) is 1.63. The molecule has 0 atom stereocenters. The van der Waals surface area contributed by atoms with Gasteiger partial charge in [-0.1, -0.05) is 29.2 Å². The first-order valence-corrected chi connectivity index (χ1v) is 3.11. The van der Waals surface area contributed by atoms with Gasteiger partial charge in [0.1, 0.15) is 0 Å². The predicted octanol–water partition coefficient (Wildman–Crippen LogP) is 2.49. The summed E-state index contributed by atoms with van der Waals surface area (Å²) in [7, 11) is 0. The van der Waals surface area contributed by atoms with E-state index in [1.54, 1.807) is 0 Å². The summed E-state index contributed by atoms with van der Waals surface area (Å²) in [5.41, 5.74) is -0.651. The first-order chi connectivity index (χ1) is 6.68. The fraction of sp³-hybridized carbons (Fsp3) is 0.143. The molecule has 0 spiro atoms. The maximum atomic E-state index is 9.10. The van der Waals surface area contributed by atoms with E-state index in [-0.39, 0.29) is 10.0 Å². The Morgan fingerprint density at radius 2 is 2.20 bits per heavy atom. The lowest BCUT2D eigenvalue weighted by molar-refractivity contribution is 0.282. The number of aliphatic hydroxyl groups is 1. The number of hydrogen-bond acceptors (Lipinski definition) is 1. The molecular weight excluding hydrogens is 171 g/mol. The Labute approximate surface area is 76.2 Å². The quantitative estimate of drug-likeness (QED) is 0.707. The Morgan fingerprint density at radius 1 is 1.50 bits per heavy atom. The van der Waals surface area contributed by atoms with E-state index in [2.05, 4.69) is 0 Å². The summed E-state index contributed by atoms with van der Waals surface area (Å²) in [4.78, 5) is 0. The van der Waals surface area contributed by atoms with Crippen LogP contribution in [0.3, 0.4) is 0 Å². The average molecular weight is 182 g/mol. The van der Waals surface area contributed by atoms with Crippen molar-refractivity contribution in [1.82, 2.24) is 0 Å². The molecule has 0 unspecified atom stereocenters. The van der Waals surface area contributed by atoms with Crippen LogP contribution in [0, 0.1) is 0 Å². The molecule has 1 nitrogen and oxygen atoms in total. The standard InChI is InChI=1S/C7H6Cl2O/c8-6-2-1-5(4-10)3-7(6)9/h1-3,10H,4H2/i1D,2D,3D,4D2. The molecule has 1 rings (SSSR count). The minimum atomic E-state index is -2.89. The van der Waals surface area contributed by atoms with Crippen molar-refractivity contribution in [2.75, 3.05) is 0 Å². The molecule has 1 aromatic carbocycles. The van der Waals surface area contributed by atoms with E-state index in [1.165, 1.54) is 0 Å². The summed E-state index contributed by atoms with van der Waals surface area (Å²) in [5, 5.41) is 8.46. The molecule has 0 amide bonds. The molecule has 54 valence electrons. The van der Waals surface area contributed by atoms with Crippen molar-refractivity contribution in [3.63, 3.8) is 0 Å². The van der Waals surface area contributed by atoms with Gasteiger partial charge in [-0.3, -0.25) is 0 Å².